The minimum Gasteiger partial charge on any atom is -0.377 e. The molecule has 2 rings (SSSR count). The highest BCUT2D eigenvalue weighted by atomic mass is 127. The number of nitrogens with zero attached hydrogens (tertiary/aromatic N) is 1. The maximum atomic E-state index is 5.82. The maximum Gasteiger partial charge on any atom is 0.193 e. The van der Waals surface area contributed by atoms with Crippen LogP contribution < -0.4 is 11.1 Å². The Hall–Kier alpha value is -1.08. The Morgan fingerprint density at radius 3 is 2.79 bits per heavy atom. The number of aliphatic imine (C=N–C) groups is 1. The maximum absolute atomic E-state index is 5.82. The van der Waals surface area contributed by atoms with Gasteiger partial charge in [-0.25, -0.2) is 0 Å². The van der Waals surface area contributed by atoms with Gasteiger partial charge in [0.05, 0.1) is 13.2 Å². The lowest BCUT2D eigenvalue weighted by atomic mass is 10.1. The zero-order chi connectivity index (χ0) is 12.6. The fourth-order valence-electron chi connectivity index (χ4n) is 1.82. The predicted octanol–water partition coefficient (Wildman–Crippen LogP) is 2.77. The molecule has 1 heterocycles. The molecule has 0 atom stereocenters. The van der Waals surface area contributed by atoms with Crippen LogP contribution >= 0.6 is 24.0 Å². The number of anilines is 1. The Balaban J connectivity index is 0.00000180. The van der Waals surface area contributed by atoms with Crippen molar-refractivity contribution in [3.8, 4) is 0 Å². The smallest absolute Gasteiger partial charge is 0.193 e. The van der Waals surface area contributed by atoms with Crippen molar-refractivity contribution < 1.29 is 4.74 Å². The Bertz CT molecular complexity index is 432. The second-order valence-electron chi connectivity index (χ2n) is 4.20. The van der Waals surface area contributed by atoms with Crippen molar-refractivity contribution >= 4 is 35.6 Å². The molecule has 1 aliphatic rings. The summed E-state index contributed by atoms with van der Waals surface area (Å²) in [4.78, 5) is 4.32. The summed E-state index contributed by atoms with van der Waals surface area (Å²) in [6, 6.07) is 9.81. The molecule has 0 saturated carbocycles. The van der Waals surface area contributed by atoms with Gasteiger partial charge in [-0.05, 0) is 25.0 Å². The normalized spacial score (nSPS) is 15.4. The van der Waals surface area contributed by atoms with E-state index in [1.165, 1.54) is 5.57 Å². The van der Waals surface area contributed by atoms with E-state index < -0.39 is 0 Å². The summed E-state index contributed by atoms with van der Waals surface area (Å²) in [7, 11) is 0. The molecule has 1 aromatic carbocycles. The van der Waals surface area contributed by atoms with Gasteiger partial charge in [0.25, 0.3) is 0 Å². The van der Waals surface area contributed by atoms with Gasteiger partial charge in [0.15, 0.2) is 5.96 Å². The van der Waals surface area contributed by atoms with Crippen LogP contribution in [0.3, 0.4) is 0 Å². The van der Waals surface area contributed by atoms with Gasteiger partial charge in [0.2, 0.25) is 0 Å². The number of ether oxygens (including phenoxy) is 1. The predicted molar refractivity (Wildman–Crippen MR) is 90.1 cm³/mol. The van der Waals surface area contributed by atoms with E-state index in [0.717, 1.165) is 38.3 Å². The third-order valence-electron chi connectivity index (χ3n) is 2.82. The highest BCUT2D eigenvalue weighted by Crippen LogP contribution is 2.11. The SMILES string of the molecule is I.NC(=NCCC1=CCOCC1)Nc1ccccc1. The number of hydrogen-bond acceptors (Lipinski definition) is 2. The molecule has 0 fully saturated rings. The van der Waals surface area contributed by atoms with Gasteiger partial charge >= 0.3 is 0 Å². The second-order valence-corrected chi connectivity index (χ2v) is 4.20. The van der Waals surface area contributed by atoms with Gasteiger partial charge in [-0.1, -0.05) is 29.8 Å². The standard InChI is InChI=1S/C14H19N3O.HI/c15-14(17-13-4-2-1-3-5-13)16-9-6-12-7-10-18-11-8-12;/h1-5,7H,6,8-11H2,(H3,15,16,17);1H. The number of halogens is 1. The van der Waals surface area contributed by atoms with E-state index >= 15 is 0 Å². The van der Waals surface area contributed by atoms with Gasteiger partial charge < -0.3 is 15.8 Å². The van der Waals surface area contributed by atoms with Crippen LogP contribution in [-0.2, 0) is 4.74 Å². The van der Waals surface area contributed by atoms with E-state index in [2.05, 4.69) is 16.4 Å². The minimum absolute atomic E-state index is 0. The van der Waals surface area contributed by atoms with Crippen LogP contribution in [0.4, 0.5) is 5.69 Å². The van der Waals surface area contributed by atoms with Crippen molar-refractivity contribution in [1.82, 2.24) is 0 Å². The van der Waals surface area contributed by atoms with Crippen molar-refractivity contribution in [2.45, 2.75) is 12.8 Å². The second kappa shape index (κ2) is 8.92. The van der Waals surface area contributed by atoms with Crippen LogP contribution in [0.5, 0.6) is 0 Å². The minimum atomic E-state index is 0. The first-order valence-corrected chi connectivity index (χ1v) is 6.22. The molecule has 4 nitrogen and oxygen atoms in total. The molecule has 0 radical (unpaired) electrons. The quantitative estimate of drug-likeness (QED) is 0.369. The summed E-state index contributed by atoms with van der Waals surface area (Å²) in [6.07, 6.45) is 4.11. The highest BCUT2D eigenvalue weighted by Gasteiger charge is 2.02. The number of hydrogen-bond donors (Lipinski definition) is 2. The van der Waals surface area contributed by atoms with Gasteiger partial charge in [0, 0.05) is 12.2 Å². The third-order valence-corrected chi connectivity index (χ3v) is 2.82. The van der Waals surface area contributed by atoms with Crippen LogP contribution in [-0.4, -0.2) is 25.7 Å². The summed E-state index contributed by atoms with van der Waals surface area (Å²) >= 11 is 0. The van der Waals surface area contributed by atoms with Gasteiger partial charge in [-0.15, -0.1) is 24.0 Å². The van der Waals surface area contributed by atoms with E-state index in [0.29, 0.717) is 5.96 Å². The number of guanidine groups is 1. The fraction of sp³-hybridized carbons (Fsp3) is 0.357. The van der Waals surface area contributed by atoms with Crippen LogP contribution in [0.1, 0.15) is 12.8 Å². The van der Waals surface area contributed by atoms with E-state index in [1.807, 2.05) is 30.3 Å². The number of para-hydroxylation sites is 1. The molecule has 3 N–H and O–H groups in total. The van der Waals surface area contributed by atoms with Crippen molar-refractivity contribution in [3.05, 3.63) is 42.0 Å². The van der Waals surface area contributed by atoms with E-state index in [-0.39, 0.29) is 24.0 Å². The summed E-state index contributed by atoms with van der Waals surface area (Å²) in [5, 5.41) is 3.06. The zero-order valence-electron chi connectivity index (χ0n) is 10.8. The monoisotopic (exact) mass is 373 g/mol. The van der Waals surface area contributed by atoms with E-state index in [4.69, 9.17) is 10.5 Å². The number of rotatable bonds is 4. The van der Waals surface area contributed by atoms with Crippen LogP contribution in [0.15, 0.2) is 47.0 Å². The first kappa shape index (κ1) is 16.0. The van der Waals surface area contributed by atoms with Crippen LogP contribution in [0.25, 0.3) is 0 Å². The molecular formula is C14H20IN3O. The average molecular weight is 373 g/mol. The average Bonchev–Trinajstić information content (AvgIpc) is 2.41. The highest BCUT2D eigenvalue weighted by molar-refractivity contribution is 14.0. The molecular weight excluding hydrogens is 353 g/mol. The van der Waals surface area contributed by atoms with E-state index in [1.54, 1.807) is 0 Å². The van der Waals surface area contributed by atoms with Crippen molar-refractivity contribution in [2.75, 3.05) is 25.1 Å². The Morgan fingerprint density at radius 1 is 1.32 bits per heavy atom. The van der Waals surface area contributed by atoms with Crippen LogP contribution in [0.2, 0.25) is 0 Å². The molecule has 104 valence electrons. The lowest BCUT2D eigenvalue weighted by Crippen LogP contribution is -2.22. The number of benzene rings is 1. The molecule has 0 aliphatic carbocycles. The molecule has 0 amide bonds. The molecule has 0 aromatic heterocycles. The lowest BCUT2D eigenvalue weighted by molar-refractivity contribution is 0.153. The number of nitrogens with one attached hydrogen (secondary N) is 1. The molecule has 1 aliphatic heterocycles. The lowest BCUT2D eigenvalue weighted by Gasteiger charge is -2.12. The Morgan fingerprint density at radius 2 is 2.11 bits per heavy atom. The number of nitrogens with two attached hydrogens (primary N) is 1. The summed E-state index contributed by atoms with van der Waals surface area (Å²) < 4.78 is 5.26. The third kappa shape index (κ3) is 6.07. The summed E-state index contributed by atoms with van der Waals surface area (Å²) in [6.45, 7) is 2.28. The Kier molecular flexibility index (Phi) is 7.50. The molecule has 0 spiro atoms. The molecule has 5 heteroatoms. The van der Waals surface area contributed by atoms with Gasteiger partial charge in [-0.2, -0.15) is 0 Å². The van der Waals surface area contributed by atoms with Crippen molar-refractivity contribution in [1.29, 1.82) is 0 Å². The van der Waals surface area contributed by atoms with E-state index in [9.17, 15) is 0 Å². The zero-order valence-corrected chi connectivity index (χ0v) is 13.2. The molecule has 19 heavy (non-hydrogen) atoms. The summed E-state index contributed by atoms with van der Waals surface area (Å²) in [5.74, 6) is 0.467. The first-order valence-electron chi connectivity index (χ1n) is 6.22. The molecule has 1 aromatic rings. The molecule has 0 saturated heterocycles. The van der Waals surface area contributed by atoms with Gasteiger partial charge in [0.1, 0.15) is 0 Å². The van der Waals surface area contributed by atoms with Crippen molar-refractivity contribution in [3.63, 3.8) is 0 Å². The molecule has 0 unspecified atom stereocenters. The topological polar surface area (TPSA) is 59.6 Å². The van der Waals surface area contributed by atoms with Gasteiger partial charge in [-0.3, -0.25) is 4.99 Å². The van der Waals surface area contributed by atoms with Crippen LogP contribution in [0, 0.1) is 0 Å². The van der Waals surface area contributed by atoms with Crippen molar-refractivity contribution in [2.24, 2.45) is 10.7 Å². The first-order chi connectivity index (χ1) is 8.84. The summed E-state index contributed by atoms with van der Waals surface area (Å²) in [5.41, 5.74) is 8.19. The largest absolute Gasteiger partial charge is 0.377 e. The molecule has 0 bridgehead atoms. The Labute approximate surface area is 131 Å². The fourth-order valence-corrected chi connectivity index (χ4v) is 1.82.